The maximum absolute atomic E-state index is 12.1. The summed E-state index contributed by atoms with van der Waals surface area (Å²) in [6.07, 6.45) is 0.643. The Labute approximate surface area is 120 Å². The topological polar surface area (TPSA) is 127 Å². The molecule has 8 nitrogen and oxygen atoms in total. The minimum absolute atomic E-state index is 0.00375. The van der Waals surface area contributed by atoms with Gasteiger partial charge in [0.05, 0.1) is 4.92 Å². The van der Waals surface area contributed by atoms with Crippen LogP contribution in [0, 0.1) is 10.1 Å². The number of nitro groups is 1. The van der Waals surface area contributed by atoms with Gasteiger partial charge in [-0.3, -0.25) is 19.7 Å². The standard InChI is InChI=1S/C13H15N3O5/c14-10(13(18)19)2-4-12(17)15-6-5-8-7-9(16(20)21)1-3-11(8)15/h1,3,7,10H,2,4-6,14H2,(H,18,19)/t10-/m0/s1. The number of nitro benzene ring substituents is 1. The van der Waals surface area contributed by atoms with Crippen molar-refractivity contribution in [2.24, 2.45) is 5.73 Å². The summed E-state index contributed by atoms with van der Waals surface area (Å²) >= 11 is 0. The highest BCUT2D eigenvalue weighted by Crippen LogP contribution is 2.31. The lowest BCUT2D eigenvalue weighted by molar-refractivity contribution is -0.384. The van der Waals surface area contributed by atoms with Crippen molar-refractivity contribution in [3.8, 4) is 0 Å². The second kappa shape index (κ2) is 5.88. The first kappa shape index (κ1) is 14.9. The number of anilines is 1. The van der Waals surface area contributed by atoms with E-state index >= 15 is 0 Å². The van der Waals surface area contributed by atoms with E-state index in [9.17, 15) is 19.7 Å². The zero-order valence-electron chi connectivity index (χ0n) is 11.2. The van der Waals surface area contributed by atoms with Crippen molar-refractivity contribution >= 4 is 23.3 Å². The number of carbonyl (C=O) groups excluding carboxylic acids is 1. The van der Waals surface area contributed by atoms with Gasteiger partial charge < -0.3 is 15.7 Å². The number of fused-ring (bicyclic) bond motifs is 1. The Bertz CT molecular complexity index is 601. The number of amides is 1. The van der Waals surface area contributed by atoms with E-state index < -0.39 is 16.9 Å². The van der Waals surface area contributed by atoms with E-state index in [0.717, 1.165) is 5.56 Å². The zero-order valence-corrected chi connectivity index (χ0v) is 11.2. The summed E-state index contributed by atoms with van der Waals surface area (Å²) in [6.45, 7) is 0.442. The Morgan fingerprint density at radius 3 is 2.81 bits per heavy atom. The number of benzene rings is 1. The molecule has 21 heavy (non-hydrogen) atoms. The summed E-state index contributed by atoms with van der Waals surface area (Å²) in [5.74, 6) is -1.36. The fourth-order valence-electron chi connectivity index (χ4n) is 2.30. The van der Waals surface area contributed by atoms with Gasteiger partial charge in [0.15, 0.2) is 0 Å². The summed E-state index contributed by atoms with van der Waals surface area (Å²) in [6, 6.07) is 3.31. The van der Waals surface area contributed by atoms with E-state index in [1.54, 1.807) is 6.07 Å². The van der Waals surface area contributed by atoms with Gasteiger partial charge in [-0.2, -0.15) is 0 Å². The lowest BCUT2D eigenvalue weighted by Crippen LogP contribution is -2.34. The molecule has 0 aromatic heterocycles. The molecule has 0 bridgehead atoms. The smallest absolute Gasteiger partial charge is 0.320 e. The second-order valence-corrected chi connectivity index (χ2v) is 4.85. The average Bonchev–Trinajstić information content (AvgIpc) is 2.86. The van der Waals surface area contributed by atoms with Crippen LogP contribution in [0.2, 0.25) is 0 Å². The zero-order chi connectivity index (χ0) is 15.6. The highest BCUT2D eigenvalue weighted by atomic mass is 16.6. The number of non-ortho nitro benzene ring substituents is 1. The van der Waals surface area contributed by atoms with E-state index in [4.69, 9.17) is 10.8 Å². The van der Waals surface area contributed by atoms with Crippen LogP contribution < -0.4 is 10.6 Å². The van der Waals surface area contributed by atoms with Crippen LogP contribution in [0.1, 0.15) is 18.4 Å². The maximum atomic E-state index is 12.1. The van der Waals surface area contributed by atoms with Crippen LogP contribution in [0.25, 0.3) is 0 Å². The van der Waals surface area contributed by atoms with Crippen LogP contribution in [0.15, 0.2) is 18.2 Å². The van der Waals surface area contributed by atoms with Gasteiger partial charge in [0, 0.05) is 30.8 Å². The highest BCUT2D eigenvalue weighted by Gasteiger charge is 2.26. The number of rotatable bonds is 5. The molecule has 2 rings (SSSR count). The van der Waals surface area contributed by atoms with Gasteiger partial charge in [-0.05, 0) is 24.5 Å². The van der Waals surface area contributed by atoms with E-state index in [-0.39, 0.29) is 24.4 Å². The monoisotopic (exact) mass is 293 g/mol. The molecule has 1 atom stereocenters. The van der Waals surface area contributed by atoms with Gasteiger partial charge in [0.2, 0.25) is 5.91 Å². The first-order chi connectivity index (χ1) is 9.90. The van der Waals surface area contributed by atoms with E-state index in [0.29, 0.717) is 18.7 Å². The van der Waals surface area contributed by atoms with Crippen molar-refractivity contribution in [2.75, 3.05) is 11.4 Å². The Morgan fingerprint density at radius 2 is 2.19 bits per heavy atom. The predicted octanol–water partition coefficient (Wildman–Crippen LogP) is 0.676. The highest BCUT2D eigenvalue weighted by molar-refractivity contribution is 5.95. The number of hydrogen-bond donors (Lipinski definition) is 2. The molecule has 0 saturated carbocycles. The van der Waals surface area contributed by atoms with Crippen molar-refractivity contribution in [1.82, 2.24) is 0 Å². The minimum Gasteiger partial charge on any atom is -0.480 e. The molecule has 1 aliphatic rings. The number of carbonyl (C=O) groups is 2. The lowest BCUT2D eigenvalue weighted by Gasteiger charge is -2.17. The largest absolute Gasteiger partial charge is 0.480 e. The number of carboxylic acid groups (broad SMARTS) is 1. The number of nitrogens with zero attached hydrogens (tertiary/aromatic N) is 2. The summed E-state index contributed by atoms with van der Waals surface area (Å²) in [4.78, 5) is 34.5. The SMILES string of the molecule is N[C@@H](CCC(=O)N1CCc2cc([N+](=O)[O-])ccc21)C(=O)O. The molecule has 8 heteroatoms. The van der Waals surface area contributed by atoms with Crippen molar-refractivity contribution in [3.05, 3.63) is 33.9 Å². The van der Waals surface area contributed by atoms with Crippen LogP contribution >= 0.6 is 0 Å². The molecule has 1 aromatic rings. The number of hydrogen-bond acceptors (Lipinski definition) is 5. The number of aliphatic carboxylic acids is 1. The Balaban J connectivity index is 2.06. The molecule has 0 spiro atoms. The third-order valence-corrected chi connectivity index (χ3v) is 3.46. The third-order valence-electron chi connectivity index (χ3n) is 3.46. The molecule has 1 amide bonds. The average molecular weight is 293 g/mol. The third kappa shape index (κ3) is 3.16. The molecule has 0 radical (unpaired) electrons. The van der Waals surface area contributed by atoms with E-state index in [1.807, 2.05) is 0 Å². The maximum Gasteiger partial charge on any atom is 0.320 e. The van der Waals surface area contributed by atoms with Crippen molar-refractivity contribution in [3.63, 3.8) is 0 Å². The van der Waals surface area contributed by atoms with Gasteiger partial charge >= 0.3 is 5.97 Å². The Morgan fingerprint density at radius 1 is 1.48 bits per heavy atom. The molecule has 0 aliphatic carbocycles. The van der Waals surface area contributed by atoms with Gasteiger partial charge in [0.25, 0.3) is 5.69 Å². The lowest BCUT2D eigenvalue weighted by atomic mass is 10.1. The second-order valence-electron chi connectivity index (χ2n) is 4.85. The molecule has 0 saturated heterocycles. The van der Waals surface area contributed by atoms with Crippen LogP contribution in [0.5, 0.6) is 0 Å². The van der Waals surface area contributed by atoms with Crippen molar-refractivity contribution < 1.29 is 19.6 Å². The van der Waals surface area contributed by atoms with Gasteiger partial charge in [-0.25, -0.2) is 0 Å². The Hall–Kier alpha value is -2.48. The molecule has 3 N–H and O–H groups in total. The van der Waals surface area contributed by atoms with E-state index in [1.165, 1.54) is 17.0 Å². The molecular formula is C13H15N3O5. The van der Waals surface area contributed by atoms with Gasteiger partial charge in [-0.15, -0.1) is 0 Å². The fraction of sp³-hybridized carbons (Fsp3) is 0.385. The molecular weight excluding hydrogens is 278 g/mol. The number of carboxylic acids is 1. The van der Waals surface area contributed by atoms with E-state index in [2.05, 4.69) is 0 Å². The van der Waals surface area contributed by atoms with Crippen LogP contribution in [0.3, 0.4) is 0 Å². The summed E-state index contributed by atoms with van der Waals surface area (Å²) in [7, 11) is 0. The summed E-state index contributed by atoms with van der Waals surface area (Å²) in [5.41, 5.74) is 6.76. The number of nitrogens with two attached hydrogens (primary N) is 1. The quantitative estimate of drug-likeness (QED) is 0.607. The molecule has 0 fully saturated rings. The van der Waals surface area contributed by atoms with Crippen molar-refractivity contribution in [1.29, 1.82) is 0 Å². The van der Waals surface area contributed by atoms with Crippen LogP contribution in [-0.4, -0.2) is 34.5 Å². The predicted molar refractivity (Wildman–Crippen MR) is 74.0 cm³/mol. The summed E-state index contributed by atoms with van der Waals surface area (Å²) in [5, 5.41) is 19.4. The van der Waals surface area contributed by atoms with Crippen molar-refractivity contribution in [2.45, 2.75) is 25.3 Å². The molecule has 0 unspecified atom stereocenters. The molecule has 1 heterocycles. The Kier molecular flexibility index (Phi) is 4.18. The summed E-state index contributed by atoms with van der Waals surface area (Å²) < 4.78 is 0. The minimum atomic E-state index is -1.14. The fourth-order valence-corrected chi connectivity index (χ4v) is 2.30. The molecule has 112 valence electrons. The first-order valence-corrected chi connectivity index (χ1v) is 6.46. The van der Waals surface area contributed by atoms with Crippen LogP contribution in [-0.2, 0) is 16.0 Å². The normalized spacial score (nSPS) is 14.6. The molecule has 1 aromatic carbocycles. The molecule has 1 aliphatic heterocycles. The van der Waals surface area contributed by atoms with Gasteiger partial charge in [-0.1, -0.05) is 0 Å². The van der Waals surface area contributed by atoms with Gasteiger partial charge in [0.1, 0.15) is 6.04 Å². The first-order valence-electron chi connectivity index (χ1n) is 6.46. The van der Waals surface area contributed by atoms with Crippen LogP contribution in [0.4, 0.5) is 11.4 Å².